The zero-order chi connectivity index (χ0) is 15.8. The first-order chi connectivity index (χ1) is 9.65. The molecular weight excluding hydrogens is 295 g/mol. The Morgan fingerprint density at radius 2 is 1.86 bits per heavy atom. The molecule has 0 aromatic heterocycles. The average molecular weight is 304 g/mol. The molecule has 0 unspecified atom stereocenters. The van der Waals surface area contributed by atoms with E-state index in [-0.39, 0.29) is 29.1 Å². The molecule has 1 aromatic rings. The van der Waals surface area contributed by atoms with Crippen molar-refractivity contribution in [1.29, 1.82) is 0 Å². The van der Waals surface area contributed by atoms with Crippen LogP contribution in [0.2, 0.25) is 0 Å². The summed E-state index contributed by atoms with van der Waals surface area (Å²) in [5.41, 5.74) is 4.64. The van der Waals surface area contributed by atoms with Crippen LogP contribution in [0.4, 0.5) is 27.6 Å². The van der Waals surface area contributed by atoms with E-state index in [1.54, 1.807) is 0 Å². The quantitative estimate of drug-likeness (QED) is 0.673. The van der Waals surface area contributed by atoms with Gasteiger partial charge in [-0.2, -0.15) is 22.0 Å². The fraction of sp³-hybridized carbons (Fsp3) is 0.231. The topological polar surface area (TPSA) is 55.4 Å². The summed E-state index contributed by atoms with van der Waals surface area (Å²) < 4.78 is 63.7. The van der Waals surface area contributed by atoms with E-state index in [9.17, 15) is 26.7 Å². The number of carbonyl (C=O) groups excluding carboxylic acids is 1. The normalized spacial score (nSPS) is 15.7. The van der Waals surface area contributed by atoms with E-state index in [4.69, 9.17) is 5.73 Å². The summed E-state index contributed by atoms with van der Waals surface area (Å²) in [7, 11) is 0. The number of fused-ring (bicyclic) bond motifs is 1. The molecule has 2 N–H and O–H groups in total. The van der Waals surface area contributed by atoms with E-state index in [0.29, 0.717) is 18.4 Å². The molecular formula is C13H9F5N2O. The van der Waals surface area contributed by atoms with Crippen molar-refractivity contribution in [2.45, 2.75) is 18.5 Å². The zero-order valence-corrected chi connectivity index (χ0v) is 10.4. The maximum Gasteiger partial charge on any atom is 0.458 e. The lowest BCUT2D eigenvalue weighted by Crippen LogP contribution is -2.33. The predicted molar refractivity (Wildman–Crippen MR) is 66.3 cm³/mol. The van der Waals surface area contributed by atoms with Crippen LogP contribution in [-0.2, 0) is 10.7 Å². The van der Waals surface area contributed by atoms with Crippen LogP contribution in [0, 0.1) is 0 Å². The van der Waals surface area contributed by atoms with Crippen molar-refractivity contribution in [2.24, 2.45) is 10.7 Å². The maximum atomic E-state index is 13.3. The van der Waals surface area contributed by atoms with Gasteiger partial charge in [0.15, 0.2) is 0 Å². The van der Waals surface area contributed by atoms with Gasteiger partial charge in [-0.25, -0.2) is 4.99 Å². The Labute approximate surface area is 116 Å². The second-order valence-electron chi connectivity index (χ2n) is 4.46. The smallest absolute Gasteiger partial charge is 0.387 e. The van der Waals surface area contributed by atoms with Crippen LogP contribution in [0.25, 0.3) is 6.08 Å². The van der Waals surface area contributed by atoms with Crippen LogP contribution < -0.4 is 5.73 Å². The number of aliphatic imine (C=N–C) groups is 1. The molecule has 0 fully saturated rings. The predicted octanol–water partition coefficient (Wildman–Crippen LogP) is 3.32. The molecule has 0 spiro atoms. The van der Waals surface area contributed by atoms with Crippen molar-refractivity contribution in [1.82, 2.24) is 0 Å². The fourth-order valence-electron chi connectivity index (χ4n) is 1.85. The van der Waals surface area contributed by atoms with E-state index in [1.807, 2.05) is 0 Å². The number of benzene rings is 1. The highest BCUT2D eigenvalue weighted by molar-refractivity contribution is 5.97. The van der Waals surface area contributed by atoms with Gasteiger partial charge >= 0.3 is 12.1 Å². The number of aldehydes is 1. The van der Waals surface area contributed by atoms with Gasteiger partial charge in [0.05, 0.1) is 5.69 Å². The van der Waals surface area contributed by atoms with Crippen molar-refractivity contribution >= 4 is 23.9 Å². The second kappa shape index (κ2) is 4.94. The first kappa shape index (κ1) is 15.1. The van der Waals surface area contributed by atoms with Crippen molar-refractivity contribution in [2.75, 3.05) is 0 Å². The third-order valence-electron chi connectivity index (χ3n) is 2.89. The molecule has 0 atom stereocenters. The van der Waals surface area contributed by atoms with Gasteiger partial charge in [0.2, 0.25) is 0 Å². The summed E-state index contributed by atoms with van der Waals surface area (Å²) in [5.74, 6) is -5.03. The number of rotatable bonds is 2. The van der Waals surface area contributed by atoms with Gasteiger partial charge in [0, 0.05) is 23.1 Å². The Morgan fingerprint density at radius 3 is 2.43 bits per heavy atom. The summed E-state index contributed by atoms with van der Waals surface area (Å²) in [6, 6.07) is 2.33. The minimum atomic E-state index is -5.70. The van der Waals surface area contributed by atoms with E-state index >= 15 is 0 Å². The Bertz CT molecular complexity index is 646. The summed E-state index contributed by atoms with van der Waals surface area (Å²) in [6.07, 6.45) is -3.83. The van der Waals surface area contributed by atoms with Crippen molar-refractivity contribution in [3.05, 3.63) is 34.9 Å². The summed E-state index contributed by atoms with van der Waals surface area (Å²) in [6.45, 7) is 0. The van der Waals surface area contributed by atoms with E-state index in [2.05, 4.69) is 4.99 Å². The molecule has 1 aromatic carbocycles. The molecule has 8 heteroatoms. The largest absolute Gasteiger partial charge is 0.458 e. The SMILES string of the molecule is NC1=Nc2cc(C(F)(F)C(F)(F)F)ccc2C=C(C=O)C1. The molecule has 1 heterocycles. The minimum Gasteiger partial charge on any atom is -0.387 e. The van der Waals surface area contributed by atoms with Gasteiger partial charge < -0.3 is 5.73 Å². The van der Waals surface area contributed by atoms with Crippen LogP contribution in [0.1, 0.15) is 17.5 Å². The van der Waals surface area contributed by atoms with Crippen LogP contribution in [0.3, 0.4) is 0 Å². The number of nitrogens with zero attached hydrogens (tertiary/aromatic N) is 1. The lowest BCUT2D eigenvalue weighted by Gasteiger charge is -2.20. The van der Waals surface area contributed by atoms with Crippen molar-refractivity contribution in [3.8, 4) is 0 Å². The van der Waals surface area contributed by atoms with E-state index < -0.39 is 17.7 Å². The summed E-state index contributed by atoms with van der Waals surface area (Å²) >= 11 is 0. The van der Waals surface area contributed by atoms with Crippen LogP contribution in [-0.4, -0.2) is 18.3 Å². The number of hydrogen-bond donors (Lipinski definition) is 1. The Balaban J connectivity index is 2.57. The van der Waals surface area contributed by atoms with Gasteiger partial charge in [0.25, 0.3) is 0 Å². The number of amidine groups is 1. The molecule has 1 aliphatic heterocycles. The van der Waals surface area contributed by atoms with E-state index in [0.717, 1.165) is 6.07 Å². The molecule has 2 rings (SSSR count). The highest BCUT2D eigenvalue weighted by atomic mass is 19.4. The lowest BCUT2D eigenvalue weighted by atomic mass is 10.0. The molecule has 3 nitrogen and oxygen atoms in total. The third kappa shape index (κ3) is 2.79. The van der Waals surface area contributed by atoms with Crippen molar-refractivity contribution in [3.63, 3.8) is 0 Å². The van der Waals surface area contributed by atoms with Gasteiger partial charge in [0.1, 0.15) is 12.1 Å². The summed E-state index contributed by atoms with van der Waals surface area (Å²) in [4.78, 5) is 14.6. The molecule has 112 valence electrons. The van der Waals surface area contributed by atoms with E-state index in [1.165, 1.54) is 6.08 Å². The molecule has 0 radical (unpaired) electrons. The highest BCUT2D eigenvalue weighted by Gasteiger charge is 2.58. The van der Waals surface area contributed by atoms with Gasteiger partial charge in [-0.15, -0.1) is 0 Å². The molecule has 0 amide bonds. The minimum absolute atomic E-state index is 0.00315. The Kier molecular flexibility index (Phi) is 3.56. The monoisotopic (exact) mass is 304 g/mol. The number of halogens is 5. The van der Waals surface area contributed by atoms with Gasteiger partial charge in [-0.3, -0.25) is 4.79 Å². The average Bonchev–Trinajstić information content (AvgIpc) is 2.53. The maximum absolute atomic E-state index is 13.3. The van der Waals surface area contributed by atoms with Gasteiger partial charge in [-0.05, 0) is 12.1 Å². The third-order valence-corrected chi connectivity index (χ3v) is 2.89. The molecule has 0 bridgehead atoms. The molecule has 0 saturated heterocycles. The number of nitrogens with two attached hydrogens (primary N) is 1. The van der Waals surface area contributed by atoms with Crippen molar-refractivity contribution < 1.29 is 26.7 Å². The zero-order valence-electron chi connectivity index (χ0n) is 10.4. The summed E-state index contributed by atoms with van der Waals surface area (Å²) in [5, 5.41) is 0. The highest BCUT2D eigenvalue weighted by Crippen LogP contribution is 2.45. The Morgan fingerprint density at radius 1 is 1.19 bits per heavy atom. The standard InChI is InChI=1S/C13H9F5N2O/c14-12(15,13(16,17)18)9-2-1-8-3-7(6-21)4-11(19)20-10(8)5-9/h1-3,5-6H,4H2,(H2,19,20). The van der Waals surface area contributed by atoms with Crippen LogP contribution in [0.5, 0.6) is 0 Å². The fourth-order valence-corrected chi connectivity index (χ4v) is 1.85. The van der Waals surface area contributed by atoms with Gasteiger partial charge in [-0.1, -0.05) is 12.1 Å². The first-order valence-corrected chi connectivity index (χ1v) is 5.73. The number of alkyl halides is 5. The molecule has 1 aliphatic rings. The number of carbonyl (C=O) groups is 1. The lowest BCUT2D eigenvalue weighted by molar-refractivity contribution is -0.289. The van der Waals surface area contributed by atoms with Crippen LogP contribution in [0.15, 0.2) is 28.8 Å². The molecule has 0 saturated carbocycles. The number of hydrogen-bond acceptors (Lipinski definition) is 3. The first-order valence-electron chi connectivity index (χ1n) is 5.73. The Hall–Kier alpha value is -2.25. The molecule has 21 heavy (non-hydrogen) atoms. The molecule has 0 aliphatic carbocycles. The van der Waals surface area contributed by atoms with Crippen LogP contribution >= 0.6 is 0 Å². The second-order valence-corrected chi connectivity index (χ2v) is 4.46.